The molecular formula is C16H33N3O3. The molecule has 0 bridgehead atoms. The number of nitrogens with zero attached hydrogens (tertiary/aromatic N) is 1. The maximum Gasteiger partial charge on any atom is 0.407 e. The number of likely N-dealkylation sites (tertiary alicyclic amines) is 1. The van der Waals surface area contributed by atoms with Crippen molar-refractivity contribution in [2.45, 2.75) is 71.2 Å². The molecule has 6 nitrogen and oxygen atoms in total. The van der Waals surface area contributed by atoms with Crippen LogP contribution in [0.1, 0.15) is 47.5 Å². The third-order valence-corrected chi connectivity index (χ3v) is 3.84. The van der Waals surface area contributed by atoms with Crippen molar-refractivity contribution in [3.8, 4) is 0 Å². The quantitative estimate of drug-likeness (QED) is 0.780. The largest absolute Gasteiger partial charge is 0.444 e. The molecular weight excluding hydrogens is 282 g/mol. The molecule has 130 valence electrons. The fourth-order valence-electron chi connectivity index (χ4n) is 2.90. The van der Waals surface area contributed by atoms with Gasteiger partial charge in [-0.3, -0.25) is 4.90 Å². The van der Waals surface area contributed by atoms with Crippen LogP contribution in [0.15, 0.2) is 0 Å². The molecule has 0 spiro atoms. The number of hydrogen-bond donors (Lipinski definition) is 2. The van der Waals surface area contributed by atoms with Gasteiger partial charge in [-0.05, 0) is 54.0 Å². The van der Waals surface area contributed by atoms with E-state index in [-0.39, 0.29) is 18.2 Å². The third-order valence-electron chi connectivity index (χ3n) is 3.84. The number of nitrogens with one attached hydrogen (secondary N) is 1. The SMILES string of the molecule is CCOC1CCCN(C(CN)C(C)NC(=O)OC(C)(C)C)C1. The van der Waals surface area contributed by atoms with Gasteiger partial charge in [-0.1, -0.05) is 0 Å². The second-order valence-corrected chi connectivity index (χ2v) is 6.95. The van der Waals surface area contributed by atoms with Gasteiger partial charge >= 0.3 is 6.09 Å². The summed E-state index contributed by atoms with van der Waals surface area (Å²) in [6.07, 6.45) is 2.06. The summed E-state index contributed by atoms with van der Waals surface area (Å²) in [5.41, 5.74) is 5.46. The normalized spacial score (nSPS) is 22.9. The zero-order valence-corrected chi connectivity index (χ0v) is 14.7. The van der Waals surface area contributed by atoms with Crippen LogP contribution in [0.2, 0.25) is 0 Å². The molecule has 0 aromatic rings. The van der Waals surface area contributed by atoms with E-state index in [1.54, 1.807) is 0 Å². The van der Waals surface area contributed by atoms with Crippen LogP contribution in [-0.2, 0) is 9.47 Å². The lowest BCUT2D eigenvalue weighted by atomic mass is 10.0. The van der Waals surface area contributed by atoms with Crippen LogP contribution in [0.25, 0.3) is 0 Å². The van der Waals surface area contributed by atoms with Crippen molar-refractivity contribution < 1.29 is 14.3 Å². The molecule has 22 heavy (non-hydrogen) atoms. The van der Waals surface area contributed by atoms with Crippen molar-refractivity contribution in [2.75, 3.05) is 26.2 Å². The number of piperidine rings is 1. The van der Waals surface area contributed by atoms with Crippen molar-refractivity contribution in [3.05, 3.63) is 0 Å². The lowest BCUT2D eigenvalue weighted by Crippen LogP contribution is -2.57. The molecule has 3 unspecified atom stereocenters. The molecule has 1 aliphatic rings. The highest BCUT2D eigenvalue weighted by molar-refractivity contribution is 5.68. The third kappa shape index (κ3) is 6.50. The first-order valence-corrected chi connectivity index (χ1v) is 8.32. The molecule has 6 heteroatoms. The fraction of sp³-hybridized carbons (Fsp3) is 0.938. The van der Waals surface area contributed by atoms with Gasteiger partial charge in [-0.15, -0.1) is 0 Å². The minimum Gasteiger partial charge on any atom is -0.444 e. The predicted octanol–water partition coefficient (Wildman–Crippen LogP) is 1.73. The van der Waals surface area contributed by atoms with Crippen molar-refractivity contribution in [3.63, 3.8) is 0 Å². The van der Waals surface area contributed by atoms with E-state index in [1.807, 2.05) is 34.6 Å². The molecule has 0 radical (unpaired) electrons. The number of ether oxygens (including phenoxy) is 2. The molecule has 0 aromatic carbocycles. The number of nitrogens with two attached hydrogens (primary N) is 1. The number of amides is 1. The topological polar surface area (TPSA) is 76.8 Å². The molecule has 1 fully saturated rings. The summed E-state index contributed by atoms with van der Waals surface area (Å²) < 4.78 is 11.1. The Morgan fingerprint density at radius 2 is 2.14 bits per heavy atom. The van der Waals surface area contributed by atoms with Crippen LogP contribution in [0.4, 0.5) is 4.79 Å². The highest BCUT2D eigenvalue weighted by atomic mass is 16.6. The van der Waals surface area contributed by atoms with Gasteiger partial charge in [0, 0.05) is 31.8 Å². The molecule has 3 atom stereocenters. The lowest BCUT2D eigenvalue weighted by Gasteiger charge is -2.40. The maximum absolute atomic E-state index is 11.9. The first-order chi connectivity index (χ1) is 10.3. The Morgan fingerprint density at radius 1 is 1.45 bits per heavy atom. The number of hydrogen-bond acceptors (Lipinski definition) is 5. The second kappa shape index (κ2) is 8.70. The van der Waals surface area contributed by atoms with Gasteiger partial charge in [0.2, 0.25) is 0 Å². The molecule has 1 saturated heterocycles. The van der Waals surface area contributed by atoms with E-state index in [0.29, 0.717) is 6.54 Å². The second-order valence-electron chi connectivity index (χ2n) is 6.95. The molecule has 0 aliphatic carbocycles. The van der Waals surface area contributed by atoms with Crippen LogP contribution in [0.3, 0.4) is 0 Å². The van der Waals surface area contributed by atoms with Gasteiger partial charge in [0.1, 0.15) is 5.60 Å². The molecule has 1 aliphatic heterocycles. The van der Waals surface area contributed by atoms with E-state index >= 15 is 0 Å². The van der Waals surface area contributed by atoms with E-state index in [1.165, 1.54) is 0 Å². The minimum absolute atomic E-state index is 0.0692. The molecule has 0 aromatic heterocycles. The van der Waals surface area contributed by atoms with Crippen molar-refractivity contribution in [1.82, 2.24) is 10.2 Å². The summed E-state index contributed by atoms with van der Waals surface area (Å²) in [5.74, 6) is 0. The molecule has 0 saturated carbocycles. The average Bonchev–Trinajstić information content (AvgIpc) is 2.38. The lowest BCUT2D eigenvalue weighted by molar-refractivity contribution is -0.0114. The van der Waals surface area contributed by atoms with Crippen molar-refractivity contribution in [1.29, 1.82) is 0 Å². The summed E-state index contributed by atoms with van der Waals surface area (Å²) in [5, 5.41) is 2.91. The summed E-state index contributed by atoms with van der Waals surface area (Å²) in [4.78, 5) is 14.2. The van der Waals surface area contributed by atoms with E-state index in [2.05, 4.69) is 10.2 Å². The van der Waals surface area contributed by atoms with Gasteiger partial charge in [-0.25, -0.2) is 4.79 Å². The Hall–Kier alpha value is -0.850. The van der Waals surface area contributed by atoms with Gasteiger partial charge in [0.05, 0.1) is 6.10 Å². The Bertz CT molecular complexity index is 342. The van der Waals surface area contributed by atoms with Crippen LogP contribution in [0.5, 0.6) is 0 Å². The van der Waals surface area contributed by atoms with Crippen molar-refractivity contribution >= 4 is 6.09 Å². The van der Waals surface area contributed by atoms with Crippen LogP contribution >= 0.6 is 0 Å². The van der Waals surface area contributed by atoms with E-state index in [0.717, 1.165) is 32.5 Å². The van der Waals surface area contributed by atoms with E-state index in [4.69, 9.17) is 15.2 Å². The first kappa shape index (κ1) is 19.2. The summed E-state index contributed by atoms with van der Waals surface area (Å²) in [6, 6.07) is 0.0241. The predicted molar refractivity (Wildman–Crippen MR) is 87.9 cm³/mol. The first-order valence-electron chi connectivity index (χ1n) is 8.32. The van der Waals surface area contributed by atoms with Crippen molar-refractivity contribution in [2.24, 2.45) is 5.73 Å². The molecule has 1 amide bonds. The molecule has 3 N–H and O–H groups in total. The number of alkyl carbamates (subject to hydrolysis) is 1. The zero-order chi connectivity index (χ0) is 16.8. The van der Waals surface area contributed by atoms with Gasteiger partial charge in [0.25, 0.3) is 0 Å². The highest BCUT2D eigenvalue weighted by Crippen LogP contribution is 2.17. The number of carbonyl (C=O) groups excluding carboxylic acids is 1. The van der Waals surface area contributed by atoms with Gasteiger partial charge < -0.3 is 20.5 Å². The minimum atomic E-state index is -0.493. The van der Waals surface area contributed by atoms with Gasteiger partial charge in [0.15, 0.2) is 0 Å². The summed E-state index contributed by atoms with van der Waals surface area (Å²) in [6.45, 7) is 12.7. The molecule has 1 rings (SSSR count). The highest BCUT2D eigenvalue weighted by Gasteiger charge is 2.30. The Morgan fingerprint density at radius 3 is 2.68 bits per heavy atom. The Balaban J connectivity index is 2.56. The zero-order valence-electron chi connectivity index (χ0n) is 14.7. The van der Waals surface area contributed by atoms with E-state index in [9.17, 15) is 4.79 Å². The summed E-state index contributed by atoms with van der Waals surface area (Å²) in [7, 11) is 0. The Labute approximate surface area is 134 Å². The fourth-order valence-corrected chi connectivity index (χ4v) is 2.90. The maximum atomic E-state index is 11.9. The smallest absolute Gasteiger partial charge is 0.407 e. The standard InChI is InChI=1S/C16H33N3O3/c1-6-21-13-8-7-9-19(11-13)14(10-17)12(2)18-15(20)22-16(3,4)5/h12-14H,6-11,17H2,1-5H3,(H,18,20). The average molecular weight is 315 g/mol. The number of carbonyl (C=O) groups is 1. The van der Waals surface area contributed by atoms with E-state index < -0.39 is 11.7 Å². The summed E-state index contributed by atoms with van der Waals surface area (Å²) >= 11 is 0. The molecule has 1 heterocycles. The van der Waals surface area contributed by atoms with Crippen LogP contribution in [-0.4, -0.2) is 61.0 Å². The van der Waals surface area contributed by atoms with Crippen LogP contribution in [0, 0.1) is 0 Å². The van der Waals surface area contributed by atoms with Gasteiger partial charge in [-0.2, -0.15) is 0 Å². The van der Waals surface area contributed by atoms with Crippen LogP contribution < -0.4 is 11.1 Å². The monoisotopic (exact) mass is 315 g/mol. The Kier molecular flexibility index (Phi) is 7.59. The number of rotatable bonds is 6.